The highest BCUT2D eigenvalue weighted by Crippen LogP contribution is 2.31. The second-order valence-corrected chi connectivity index (χ2v) is 10.6. The Labute approximate surface area is 245 Å². The summed E-state index contributed by atoms with van der Waals surface area (Å²) in [7, 11) is 0. The number of carbonyl (C=O) groups is 1. The quantitative estimate of drug-likeness (QED) is 0.232. The molecule has 1 saturated heterocycles. The molecule has 9 heteroatoms. The summed E-state index contributed by atoms with van der Waals surface area (Å²) in [4.78, 5) is 26.1. The maximum atomic E-state index is 14.7. The fraction of sp³-hybridized carbons (Fsp3) is 0.303. The van der Waals surface area contributed by atoms with Crippen molar-refractivity contribution in [3.63, 3.8) is 0 Å². The van der Waals surface area contributed by atoms with E-state index >= 15 is 0 Å². The molecule has 1 aliphatic rings. The fourth-order valence-corrected chi connectivity index (χ4v) is 5.72. The molecule has 4 aromatic rings. The van der Waals surface area contributed by atoms with Gasteiger partial charge in [-0.3, -0.25) is 9.97 Å². The van der Waals surface area contributed by atoms with Gasteiger partial charge in [0.15, 0.2) is 0 Å². The molecule has 0 aliphatic carbocycles. The van der Waals surface area contributed by atoms with Crippen LogP contribution in [0.15, 0.2) is 97.6 Å². The van der Waals surface area contributed by atoms with Crippen LogP contribution in [0.5, 0.6) is 0 Å². The summed E-state index contributed by atoms with van der Waals surface area (Å²) in [5.41, 5.74) is 4.57. The molecule has 0 bridgehead atoms. The molecule has 4 atom stereocenters. The van der Waals surface area contributed by atoms with E-state index in [1.807, 2.05) is 72.8 Å². The number of amides is 2. The molecule has 5 rings (SSSR count). The molecular weight excluding hydrogens is 532 g/mol. The van der Waals surface area contributed by atoms with Crippen molar-refractivity contribution in [2.75, 3.05) is 0 Å². The molecule has 2 amide bonds. The third-order valence-corrected chi connectivity index (χ3v) is 8.08. The average molecular weight is 569 g/mol. The molecule has 4 N–H and O–H groups in total. The van der Waals surface area contributed by atoms with Gasteiger partial charge >= 0.3 is 6.03 Å². The topological polar surface area (TPSA) is 130 Å². The lowest BCUT2D eigenvalue weighted by Gasteiger charge is -2.36. The van der Waals surface area contributed by atoms with Gasteiger partial charge in [0.05, 0.1) is 25.3 Å². The Hall–Kier alpha value is -4.15. The van der Waals surface area contributed by atoms with E-state index in [9.17, 15) is 25.2 Å². The zero-order valence-electron chi connectivity index (χ0n) is 23.3. The van der Waals surface area contributed by atoms with Gasteiger partial charge < -0.3 is 30.2 Å². The molecule has 2 aromatic carbocycles. The van der Waals surface area contributed by atoms with Crippen molar-refractivity contribution < 1.29 is 25.2 Å². The Morgan fingerprint density at radius 3 is 1.29 bits per heavy atom. The molecule has 0 radical (unpaired) electrons. The Morgan fingerprint density at radius 1 is 0.571 bits per heavy atom. The van der Waals surface area contributed by atoms with E-state index < -0.39 is 24.3 Å². The average Bonchev–Trinajstić information content (AvgIpc) is 3.09. The highest BCUT2D eigenvalue weighted by molar-refractivity contribution is 5.76. The number of urea groups is 1. The van der Waals surface area contributed by atoms with Gasteiger partial charge in [-0.1, -0.05) is 48.5 Å². The molecule has 42 heavy (non-hydrogen) atoms. The Balaban J connectivity index is 1.62. The van der Waals surface area contributed by atoms with Crippen LogP contribution in [0.25, 0.3) is 0 Å². The number of rotatable bonds is 10. The van der Waals surface area contributed by atoms with Crippen LogP contribution < -0.4 is 0 Å². The van der Waals surface area contributed by atoms with Crippen LogP contribution in [0.3, 0.4) is 0 Å². The number of benzene rings is 2. The third kappa shape index (κ3) is 6.50. The van der Waals surface area contributed by atoms with Gasteiger partial charge in [0.25, 0.3) is 0 Å². The SMILES string of the molecule is O=C1N(Cc2ccccc2CO)C(Cc2ccncc2)C(O)C(O)C(Cc2ccncc2)N1Cc1ccccc1CO. The number of aliphatic hydroxyl groups excluding tert-OH is 4. The first-order valence-corrected chi connectivity index (χ1v) is 14.1. The van der Waals surface area contributed by atoms with Crippen LogP contribution in [-0.2, 0) is 39.1 Å². The minimum absolute atomic E-state index is 0.120. The van der Waals surface area contributed by atoms with Gasteiger partial charge in [0, 0.05) is 37.9 Å². The van der Waals surface area contributed by atoms with Crippen LogP contribution in [-0.4, -0.2) is 70.5 Å². The smallest absolute Gasteiger partial charge is 0.321 e. The van der Waals surface area contributed by atoms with Crippen LogP contribution in [0.2, 0.25) is 0 Å². The molecule has 1 fully saturated rings. The molecule has 0 saturated carbocycles. The molecule has 2 aromatic heterocycles. The van der Waals surface area contributed by atoms with Crippen molar-refractivity contribution in [1.82, 2.24) is 19.8 Å². The highest BCUT2D eigenvalue weighted by Gasteiger charge is 2.46. The number of pyridine rings is 2. The van der Waals surface area contributed by atoms with Crippen molar-refractivity contribution in [2.24, 2.45) is 0 Å². The van der Waals surface area contributed by atoms with Crippen LogP contribution >= 0.6 is 0 Å². The monoisotopic (exact) mass is 568 g/mol. The normalized spacial score (nSPS) is 20.9. The molecule has 0 spiro atoms. The highest BCUT2D eigenvalue weighted by atomic mass is 16.3. The maximum Gasteiger partial charge on any atom is 0.321 e. The summed E-state index contributed by atoms with van der Waals surface area (Å²) in [6.45, 7) is -0.155. The van der Waals surface area contributed by atoms with Gasteiger partial charge in [0.1, 0.15) is 12.2 Å². The molecule has 1 aliphatic heterocycles. The largest absolute Gasteiger partial charge is 0.392 e. The predicted octanol–water partition coefficient (Wildman–Crippen LogP) is 2.84. The van der Waals surface area contributed by atoms with Gasteiger partial charge in [-0.25, -0.2) is 4.79 Å². The molecular formula is C33H36N4O5. The summed E-state index contributed by atoms with van der Waals surface area (Å²) in [6, 6.07) is 20.1. The lowest BCUT2D eigenvalue weighted by Crippen LogP contribution is -2.50. The van der Waals surface area contributed by atoms with Gasteiger partial charge in [-0.15, -0.1) is 0 Å². The van der Waals surface area contributed by atoms with Crippen molar-refractivity contribution in [2.45, 2.75) is 63.4 Å². The van der Waals surface area contributed by atoms with Crippen LogP contribution in [0.1, 0.15) is 33.4 Å². The number of carbonyl (C=O) groups excluding carboxylic acids is 1. The standard InChI is InChI=1S/C33H36N4O5/c38-21-27-7-3-1-5-25(27)19-36-29(17-23-9-13-34-14-10-23)31(40)32(41)30(18-24-11-15-35-16-12-24)37(33(36)42)20-26-6-2-4-8-28(26)22-39/h1-16,29-32,38-41H,17-22H2. The lowest BCUT2D eigenvalue weighted by molar-refractivity contribution is -0.0409. The zero-order chi connectivity index (χ0) is 29.5. The zero-order valence-corrected chi connectivity index (χ0v) is 23.3. The van der Waals surface area contributed by atoms with Gasteiger partial charge in [0.2, 0.25) is 0 Å². The number of aromatic nitrogens is 2. The molecule has 4 unspecified atom stereocenters. The van der Waals surface area contributed by atoms with Crippen molar-refractivity contribution in [1.29, 1.82) is 0 Å². The maximum absolute atomic E-state index is 14.7. The Bertz CT molecular complexity index is 1350. The van der Waals surface area contributed by atoms with E-state index in [1.165, 1.54) is 0 Å². The Kier molecular flexibility index (Phi) is 9.55. The van der Waals surface area contributed by atoms with Crippen LogP contribution in [0, 0.1) is 0 Å². The van der Waals surface area contributed by atoms with Crippen molar-refractivity contribution in [3.05, 3.63) is 131 Å². The molecule has 9 nitrogen and oxygen atoms in total. The fourth-order valence-electron chi connectivity index (χ4n) is 5.72. The molecule has 218 valence electrons. The number of hydrogen-bond donors (Lipinski definition) is 4. The summed E-state index contributed by atoms with van der Waals surface area (Å²) in [5, 5.41) is 43.7. The van der Waals surface area contributed by atoms with Crippen molar-refractivity contribution in [3.8, 4) is 0 Å². The lowest BCUT2D eigenvalue weighted by atomic mass is 9.91. The van der Waals surface area contributed by atoms with E-state index in [1.54, 1.807) is 34.6 Å². The summed E-state index contributed by atoms with van der Waals surface area (Å²) < 4.78 is 0. The van der Waals surface area contributed by atoms with Gasteiger partial charge in [-0.05, 0) is 70.5 Å². The van der Waals surface area contributed by atoms with Gasteiger partial charge in [-0.2, -0.15) is 0 Å². The van der Waals surface area contributed by atoms with Crippen LogP contribution in [0.4, 0.5) is 4.79 Å². The number of aliphatic hydroxyl groups is 4. The number of nitrogens with zero attached hydrogens (tertiary/aromatic N) is 4. The minimum Gasteiger partial charge on any atom is -0.392 e. The summed E-state index contributed by atoms with van der Waals surface area (Å²) in [6.07, 6.45) is 4.65. The van der Waals surface area contributed by atoms with E-state index in [2.05, 4.69) is 9.97 Å². The van der Waals surface area contributed by atoms with E-state index in [4.69, 9.17) is 0 Å². The van der Waals surface area contributed by atoms with E-state index in [0.29, 0.717) is 11.1 Å². The predicted molar refractivity (Wildman–Crippen MR) is 157 cm³/mol. The summed E-state index contributed by atoms with van der Waals surface area (Å²) >= 11 is 0. The second-order valence-electron chi connectivity index (χ2n) is 10.6. The molecule has 3 heterocycles. The van der Waals surface area contributed by atoms with E-state index in [-0.39, 0.29) is 45.2 Å². The first kappa shape index (κ1) is 29.3. The minimum atomic E-state index is -1.28. The third-order valence-electron chi connectivity index (χ3n) is 8.08. The Morgan fingerprint density at radius 2 is 0.929 bits per heavy atom. The first-order valence-electron chi connectivity index (χ1n) is 14.1. The first-order chi connectivity index (χ1) is 20.5. The summed E-state index contributed by atoms with van der Waals surface area (Å²) in [5.74, 6) is 0. The number of hydrogen-bond acceptors (Lipinski definition) is 7. The van der Waals surface area contributed by atoms with Crippen molar-refractivity contribution >= 4 is 6.03 Å². The second kappa shape index (κ2) is 13.7. The van der Waals surface area contributed by atoms with E-state index in [0.717, 1.165) is 22.3 Å².